The van der Waals surface area contributed by atoms with Gasteiger partial charge in [0, 0.05) is 12.8 Å². The van der Waals surface area contributed by atoms with Crippen molar-refractivity contribution in [1.82, 2.24) is 0 Å². The predicted molar refractivity (Wildman–Crippen MR) is 74.4 cm³/mol. The van der Waals surface area contributed by atoms with Crippen LogP contribution in [-0.4, -0.2) is 26.4 Å². The maximum Gasteiger partial charge on any atom is 0.119 e. The molecule has 1 N–H and O–H groups in total. The fraction of sp³-hybridized carbons (Fsp3) is 0.600. The summed E-state index contributed by atoms with van der Waals surface area (Å²) in [6, 6.07) is 6.65. The second kappa shape index (κ2) is 6.10. The second-order valence-electron chi connectivity index (χ2n) is 4.95. The maximum absolute atomic E-state index is 5.50. The van der Waals surface area contributed by atoms with Crippen molar-refractivity contribution >= 4 is 5.69 Å². The van der Waals surface area contributed by atoms with Gasteiger partial charge in [0.1, 0.15) is 5.75 Å². The number of hydrogen-bond acceptors (Lipinski definition) is 3. The standard InChI is InChI=1S/C15H23NO2/c1-4-18-13-7-8-14(11(2)9-13)16-15(10-17-3)12-5-6-12/h7-9,12,15-16H,4-6,10H2,1-3H3. The van der Waals surface area contributed by atoms with E-state index < -0.39 is 0 Å². The van der Waals surface area contributed by atoms with Gasteiger partial charge in [-0.05, 0) is 56.4 Å². The largest absolute Gasteiger partial charge is 0.494 e. The Morgan fingerprint density at radius 3 is 2.72 bits per heavy atom. The van der Waals surface area contributed by atoms with Gasteiger partial charge in [-0.15, -0.1) is 0 Å². The van der Waals surface area contributed by atoms with Crippen LogP contribution in [0.15, 0.2) is 18.2 Å². The molecule has 18 heavy (non-hydrogen) atoms. The Hall–Kier alpha value is -1.22. The first kappa shape index (κ1) is 13.2. The smallest absolute Gasteiger partial charge is 0.119 e. The highest BCUT2D eigenvalue weighted by atomic mass is 16.5. The minimum atomic E-state index is 0.437. The van der Waals surface area contributed by atoms with Gasteiger partial charge in [0.05, 0.1) is 19.3 Å². The van der Waals surface area contributed by atoms with Crippen molar-refractivity contribution in [2.45, 2.75) is 32.7 Å². The van der Waals surface area contributed by atoms with Crippen molar-refractivity contribution in [1.29, 1.82) is 0 Å². The van der Waals surface area contributed by atoms with E-state index >= 15 is 0 Å². The van der Waals surface area contributed by atoms with E-state index in [0.717, 1.165) is 18.3 Å². The number of rotatable bonds is 7. The van der Waals surface area contributed by atoms with Gasteiger partial charge in [-0.1, -0.05) is 0 Å². The van der Waals surface area contributed by atoms with Gasteiger partial charge in [-0.3, -0.25) is 0 Å². The molecule has 1 saturated carbocycles. The molecule has 0 aromatic heterocycles. The Bertz CT molecular complexity index is 388. The molecule has 3 nitrogen and oxygen atoms in total. The number of hydrogen-bond donors (Lipinski definition) is 1. The molecule has 3 heteroatoms. The highest BCUT2D eigenvalue weighted by molar-refractivity contribution is 5.54. The fourth-order valence-electron chi connectivity index (χ4n) is 2.23. The van der Waals surface area contributed by atoms with E-state index in [2.05, 4.69) is 24.4 Å². The van der Waals surface area contributed by atoms with Gasteiger partial charge in [-0.2, -0.15) is 0 Å². The minimum absolute atomic E-state index is 0.437. The van der Waals surface area contributed by atoms with Crippen LogP contribution in [-0.2, 0) is 4.74 Å². The number of aryl methyl sites for hydroxylation is 1. The molecule has 0 spiro atoms. The first-order valence-electron chi connectivity index (χ1n) is 6.73. The summed E-state index contributed by atoms with van der Waals surface area (Å²) in [5, 5.41) is 3.60. The first-order valence-corrected chi connectivity index (χ1v) is 6.73. The van der Waals surface area contributed by atoms with Crippen LogP contribution in [0.5, 0.6) is 5.75 Å². The predicted octanol–water partition coefficient (Wildman–Crippen LogP) is 3.23. The molecule has 1 aromatic rings. The molecule has 2 rings (SSSR count). The van der Waals surface area contributed by atoms with E-state index in [1.807, 2.05) is 13.0 Å². The van der Waals surface area contributed by atoms with E-state index in [4.69, 9.17) is 9.47 Å². The Morgan fingerprint density at radius 1 is 1.39 bits per heavy atom. The molecule has 1 aliphatic carbocycles. The van der Waals surface area contributed by atoms with Crippen LogP contribution in [0.2, 0.25) is 0 Å². The minimum Gasteiger partial charge on any atom is -0.494 e. The highest BCUT2D eigenvalue weighted by Crippen LogP contribution is 2.35. The summed E-state index contributed by atoms with van der Waals surface area (Å²) in [7, 11) is 1.77. The van der Waals surface area contributed by atoms with Crippen molar-refractivity contribution < 1.29 is 9.47 Å². The zero-order valence-corrected chi connectivity index (χ0v) is 11.5. The van der Waals surface area contributed by atoms with E-state index in [1.54, 1.807) is 7.11 Å². The highest BCUT2D eigenvalue weighted by Gasteiger charge is 2.31. The molecule has 0 bridgehead atoms. The molecular weight excluding hydrogens is 226 g/mol. The molecule has 0 saturated heterocycles. The zero-order chi connectivity index (χ0) is 13.0. The second-order valence-corrected chi connectivity index (χ2v) is 4.95. The van der Waals surface area contributed by atoms with Gasteiger partial charge >= 0.3 is 0 Å². The molecule has 1 aliphatic rings. The molecule has 1 fully saturated rings. The molecule has 0 heterocycles. The monoisotopic (exact) mass is 249 g/mol. The van der Waals surface area contributed by atoms with E-state index in [-0.39, 0.29) is 0 Å². The summed E-state index contributed by atoms with van der Waals surface area (Å²) in [4.78, 5) is 0. The summed E-state index contributed by atoms with van der Waals surface area (Å²) in [5.74, 6) is 1.71. The van der Waals surface area contributed by atoms with Gasteiger partial charge < -0.3 is 14.8 Å². The lowest BCUT2D eigenvalue weighted by atomic mass is 10.1. The van der Waals surface area contributed by atoms with Crippen LogP contribution in [0.1, 0.15) is 25.3 Å². The number of ether oxygens (including phenoxy) is 2. The quantitative estimate of drug-likeness (QED) is 0.804. The van der Waals surface area contributed by atoms with Crippen LogP contribution in [0.25, 0.3) is 0 Å². The van der Waals surface area contributed by atoms with Crippen LogP contribution < -0.4 is 10.1 Å². The lowest BCUT2D eigenvalue weighted by Crippen LogP contribution is -2.27. The summed E-state index contributed by atoms with van der Waals surface area (Å²) in [5.41, 5.74) is 2.41. The Morgan fingerprint density at radius 2 is 2.17 bits per heavy atom. The van der Waals surface area contributed by atoms with Crippen molar-refractivity contribution in [3.63, 3.8) is 0 Å². The molecular formula is C15H23NO2. The third-order valence-electron chi connectivity index (χ3n) is 3.39. The maximum atomic E-state index is 5.50. The van der Waals surface area contributed by atoms with Crippen LogP contribution in [0.3, 0.4) is 0 Å². The molecule has 0 amide bonds. The summed E-state index contributed by atoms with van der Waals surface area (Å²) in [6.07, 6.45) is 2.63. The van der Waals surface area contributed by atoms with E-state index in [1.165, 1.54) is 24.1 Å². The van der Waals surface area contributed by atoms with Crippen molar-refractivity contribution in [3.05, 3.63) is 23.8 Å². The summed E-state index contributed by atoms with van der Waals surface area (Å²) in [6.45, 7) is 5.60. The van der Waals surface area contributed by atoms with Gasteiger partial charge in [0.2, 0.25) is 0 Å². The third-order valence-corrected chi connectivity index (χ3v) is 3.39. The lowest BCUT2D eigenvalue weighted by Gasteiger charge is -2.20. The summed E-state index contributed by atoms with van der Waals surface area (Å²) >= 11 is 0. The molecule has 100 valence electrons. The molecule has 1 aromatic carbocycles. The van der Waals surface area contributed by atoms with Crippen molar-refractivity contribution in [3.8, 4) is 5.75 Å². The van der Waals surface area contributed by atoms with Gasteiger partial charge in [0.15, 0.2) is 0 Å². The fourth-order valence-corrected chi connectivity index (χ4v) is 2.23. The number of nitrogens with one attached hydrogen (secondary N) is 1. The first-order chi connectivity index (χ1) is 8.74. The molecule has 0 radical (unpaired) electrons. The Balaban J connectivity index is 2.03. The topological polar surface area (TPSA) is 30.5 Å². The average molecular weight is 249 g/mol. The SMILES string of the molecule is CCOc1ccc(NC(COC)C2CC2)c(C)c1. The number of anilines is 1. The van der Waals surface area contributed by atoms with Crippen LogP contribution in [0, 0.1) is 12.8 Å². The van der Waals surface area contributed by atoms with Crippen LogP contribution >= 0.6 is 0 Å². The summed E-state index contributed by atoms with van der Waals surface area (Å²) < 4.78 is 10.8. The van der Waals surface area contributed by atoms with E-state index in [9.17, 15) is 0 Å². The Kier molecular flexibility index (Phi) is 4.48. The van der Waals surface area contributed by atoms with E-state index in [0.29, 0.717) is 12.6 Å². The van der Waals surface area contributed by atoms with Crippen molar-refractivity contribution in [2.75, 3.05) is 25.6 Å². The molecule has 1 atom stereocenters. The average Bonchev–Trinajstić information content (AvgIpc) is 3.16. The molecule has 0 aliphatic heterocycles. The lowest BCUT2D eigenvalue weighted by molar-refractivity contribution is 0.179. The Labute approximate surface area is 109 Å². The number of benzene rings is 1. The van der Waals surface area contributed by atoms with Crippen LogP contribution in [0.4, 0.5) is 5.69 Å². The van der Waals surface area contributed by atoms with Crippen molar-refractivity contribution in [2.24, 2.45) is 5.92 Å². The number of methoxy groups -OCH3 is 1. The zero-order valence-electron chi connectivity index (χ0n) is 11.5. The normalized spacial score (nSPS) is 16.4. The van der Waals surface area contributed by atoms with Gasteiger partial charge in [0.25, 0.3) is 0 Å². The van der Waals surface area contributed by atoms with Gasteiger partial charge in [-0.25, -0.2) is 0 Å². The molecule has 1 unspecified atom stereocenters. The third kappa shape index (κ3) is 3.39.